The lowest BCUT2D eigenvalue weighted by molar-refractivity contribution is -0.124. The Morgan fingerprint density at radius 1 is 1.10 bits per heavy atom. The van der Waals surface area contributed by atoms with Crippen LogP contribution in [0.25, 0.3) is 11.3 Å². The number of hydrogen-bond donors (Lipinski definition) is 1. The van der Waals surface area contributed by atoms with Crippen LogP contribution in [0.1, 0.15) is 53.8 Å². The lowest BCUT2D eigenvalue weighted by Crippen LogP contribution is -2.42. The average Bonchev–Trinajstić information content (AvgIpc) is 2.73. The van der Waals surface area contributed by atoms with E-state index in [1.165, 1.54) is 0 Å². The molecule has 29 heavy (non-hydrogen) atoms. The highest BCUT2D eigenvalue weighted by atomic mass is 16.2. The van der Waals surface area contributed by atoms with Gasteiger partial charge in [-0.05, 0) is 43.0 Å². The normalized spacial score (nSPS) is 16.7. The maximum atomic E-state index is 12.9. The van der Waals surface area contributed by atoms with Crippen LogP contribution < -0.4 is 5.73 Å². The van der Waals surface area contributed by atoms with Gasteiger partial charge >= 0.3 is 0 Å². The van der Waals surface area contributed by atoms with Crippen molar-refractivity contribution in [3.63, 3.8) is 0 Å². The van der Waals surface area contributed by atoms with Gasteiger partial charge < -0.3 is 10.6 Å². The van der Waals surface area contributed by atoms with Crippen molar-refractivity contribution in [1.29, 1.82) is 0 Å². The summed E-state index contributed by atoms with van der Waals surface area (Å²) in [7, 11) is 0. The van der Waals surface area contributed by atoms with Crippen molar-refractivity contribution in [1.82, 2.24) is 9.88 Å². The van der Waals surface area contributed by atoms with E-state index in [4.69, 9.17) is 5.73 Å². The molecular formula is C23H27N3O3. The second-order valence-electron chi connectivity index (χ2n) is 8.03. The van der Waals surface area contributed by atoms with E-state index in [0.717, 1.165) is 18.4 Å². The van der Waals surface area contributed by atoms with E-state index in [1.54, 1.807) is 47.5 Å². The molecule has 1 unspecified atom stereocenters. The molecule has 3 rings (SSSR count). The zero-order valence-corrected chi connectivity index (χ0v) is 16.9. The van der Waals surface area contributed by atoms with Gasteiger partial charge in [-0.25, -0.2) is 0 Å². The number of amides is 2. The molecule has 2 amide bonds. The van der Waals surface area contributed by atoms with Crippen LogP contribution in [-0.4, -0.2) is 40.6 Å². The molecule has 0 bridgehead atoms. The number of carbonyl (C=O) groups is 3. The van der Waals surface area contributed by atoms with E-state index in [2.05, 4.69) is 4.98 Å². The molecule has 1 aromatic carbocycles. The molecular weight excluding hydrogens is 366 g/mol. The van der Waals surface area contributed by atoms with Crippen molar-refractivity contribution in [2.24, 2.45) is 17.6 Å². The highest BCUT2D eigenvalue weighted by molar-refractivity contribution is 5.95. The summed E-state index contributed by atoms with van der Waals surface area (Å²) in [5.41, 5.74) is 7.76. The Kier molecular flexibility index (Phi) is 6.42. The van der Waals surface area contributed by atoms with Crippen molar-refractivity contribution < 1.29 is 14.4 Å². The zero-order valence-electron chi connectivity index (χ0n) is 16.9. The zero-order chi connectivity index (χ0) is 21.0. The van der Waals surface area contributed by atoms with Gasteiger partial charge in [0.1, 0.15) is 5.78 Å². The molecule has 152 valence electrons. The van der Waals surface area contributed by atoms with Crippen LogP contribution >= 0.6 is 0 Å². The Morgan fingerprint density at radius 2 is 1.79 bits per heavy atom. The smallest absolute Gasteiger partial charge is 0.255 e. The van der Waals surface area contributed by atoms with E-state index in [-0.39, 0.29) is 17.6 Å². The minimum atomic E-state index is -0.475. The summed E-state index contributed by atoms with van der Waals surface area (Å²) >= 11 is 0. The van der Waals surface area contributed by atoms with E-state index in [1.807, 2.05) is 13.8 Å². The monoisotopic (exact) mass is 393 g/mol. The minimum absolute atomic E-state index is 0.0638. The van der Waals surface area contributed by atoms with Crippen molar-refractivity contribution in [3.8, 4) is 11.3 Å². The number of aromatic nitrogens is 1. The lowest BCUT2D eigenvalue weighted by atomic mass is 9.89. The highest BCUT2D eigenvalue weighted by Gasteiger charge is 2.29. The van der Waals surface area contributed by atoms with E-state index in [9.17, 15) is 14.4 Å². The van der Waals surface area contributed by atoms with Gasteiger partial charge in [0.2, 0.25) is 5.91 Å². The fourth-order valence-electron chi connectivity index (χ4n) is 3.67. The quantitative estimate of drug-likeness (QED) is 0.815. The number of rotatable bonds is 6. The summed E-state index contributed by atoms with van der Waals surface area (Å²) in [6.07, 6.45) is 3.84. The molecule has 1 fully saturated rings. The summed E-state index contributed by atoms with van der Waals surface area (Å²) in [4.78, 5) is 42.6. The fraction of sp³-hybridized carbons (Fsp3) is 0.391. The number of hydrogen-bond acceptors (Lipinski definition) is 4. The summed E-state index contributed by atoms with van der Waals surface area (Å²) < 4.78 is 0. The number of likely N-dealkylation sites (tertiary alicyclic amines) is 1. The van der Waals surface area contributed by atoms with Gasteiger partial charge in [-0.1, -0.05) is 26.0 Å². The predicted octanol–water partition coefficient (Wildman–Crippen LogP) is 3.31. The Hall–Kier alpha value is -3.02. The van der Waals surface area contributed by atoms with E-state index >= 15 is 0 Å². The van der Waals surface area contributed by atoms with Crippen LogP contribution in [0.3, 0.4) is 0 Å². The number of piperidine rings is 1. The number of nitrogens with two attached hydrogens (primary N) is 1. The van der Waals surface area contributed by atoms with Gasteiger partial charge in [-0.3, -0.25) is 19.4 Å². The second-order valence-corrected chi connectivity index (χ2v) is 8.03. The molecule has 1 aromatic heterocycles. The molecule has 1 saturated heterocycles. The van der Waals surface area contributed by atoms with Gasteiger partial charge in [0, 0.05) is 42.8 Å². The first kappa shape index (κ1) is 20.7. The molecule has 0 spiro atoms. The first-order valence-corrected chi connectivity index (χ1v) is 10.0. The average molecular weight is 393 g/mol. The van der Waals surface area contributed by atoms with Crippen LogP contribution in [0.2, 0.25) is 0 Å². The maximum absolute atomic E-state index is 12.9. The number of carbonyl (C=O) groups excluding carboxylic acids is 3. The summed E-state index contributed by atoms with van der Waals surface area (Å²) in [5.74, 6) is -0.0359. The first-order chi connectivity index (χ1) is 13.8. The van der Waals surface area contributed by atoms with E-state index < -0.39 is 5.91 Å². The molecule has 1 aliphatic heterocycles. The molecule has 2 heterocycles. The lowest BCUT2D eigenvalue weighted by Gasteiger charge is -2.32. The van der Waals surface area contributed by atoms with Crippen molar-refractivity contribution in [3.05, 3.63) is 53.7 Å². The number of primary amides is 1. The molecule has 1 aliphatic rings. The van der Waals surface area contributed by atoms with Crippen LogP contribution in [0.15, 0.2) is 42.6 Å². The van der Waals surface area contributed by atoms with Gasteiger partial charge in [0.25, 0.3) is 5.91 Å². The van der Waals surface area contributed by atoms with E-state index in [0.29, 0.717) is 42.2 Å². The van der Waals surface area contributed by atoms with Crippen LogP contribution in [-0.2, 0) is 4.79 Å². The molecule has 6 heteroatoms. The maximum Gasteiger partial charge on any atom is 0.255 e. The number of Topliss-reactive ketones (excluding diaryl/α,β-unsaturated/α-hetero) is 1. The predicted molar refractivity (Wildman–Crippen MR) is 111 cm³/mol. The summed E-state index contributed by atoms with van der Waals surface area (Å²) in [5, 5.41) is 0. The van der Waals surface area contributed by atoms with Crippen LogP contribution in [0.4, 0.5) is 0 Å². The molecule has 0 saturated carbocycles. The van der Waals surface area contributed by atoms with Crippen molar-refractivity contribution >= 4 is 17.6 Å². The molecule has 0 radical (unpaired) electrons. The Morgan fingerprint density at radius 3 is 2.38 bits per heavy atom. The molecule has 1 atom stereocenters. The molecule has 0 aliphatic carbocycles. The fourth-order valence-corrected chi connectivity index (χ4v) is 3.67. The van der Waals surface area contributed by atoms with Crippen molar-refractivity contribution in [2.45, 2.75) is 33.1 Å². The highest BCUT2D eigenvalue weighted by Crippen LogP contribution is 2.23. The number of nitrogens with zero attached hydrogens (tertiary/aromatic N) is 2. The third kappa shape index (κ3) is 5.08. The Bertz CT molecular complexity index is 889. The van der Waals surface area contributed by atoms with Gasteiger partial charge in [0.05, 0.1) is 11.3 Å². The standard InChI is InChI=1S/C23H27N3O3/c1-15(2)12-21(27)19-4-3-11-26(14-19)23(29)18-9-10-20(25-13-18)16-5-7-17(8-6-16)22(24)28/h5-10,13,15,19H,3-4,11-12,14H2,1-2H3,(H2,24,28). The van der Waals surface area contributed by atoms with Crippen LogP contribution in [0, 0.1) is 11.8 Å². The van der Waals surface area contributed by atoms with Crippen molar-refractivity contribution in [2.75, 3.05) is 13.1 Å². The molecule has 2 N–H and O–H groups in total. The summed E-state index contributed by atoms with van der Waals surface area (Å²) in [6, 6.07) is 10.4. The number of pyridine rings is 1. The second kappa shape index (κ2) is 8.99. The van der Waals surface area contributed by atoms with Gasteiger partial charge in [-0.15, -0.1) is 0 Å². The SMILES string of the molecule is CC(C)CC(=O)C1CCCN(C(=O)c2ccc(-c3ccc(C(N)=O)cc3)nc2)C1. The molecule has 2 aromatic rings. The first-order valence-electron chi connectivity index (χ1n) is 10.0. The third-order valence-electron chi connectivity index (χ3n) is 5.25. The third-order valence-corrected chi connectivity index (χ3v) is 5.25. The Labute approximate surface area is 171 Å². The van der Waals surface area contributed by atoms with Gasteiger partial charge in [0.15, 0.2) is 0 Å². The Balaban J connectivity index is 1.68. The summed E-state index contributed by atoms with van der Waals surface area (Å²) in [6.45, 7) is 5.23. The van der Waals surface area contributed by atoms with Crippen LogP contribution in [0.5, 0.6) is 0 Å². The minimum Gasteiger partial charge on any atom is -0.366 e. The topological polar surface area (TPSA) is 93.4 Å². The molecule has 6 nitrogen and oxygen atoms in total. The number of ketones is 1. The number of benzene rings is 1. The van der Waals surface area contributed by atoms with Gasteiger partial charge in [-0.2, -0.15) is 0 Å². The largest absolute Gasteiger partial charge is 0.366 e.